The summed E-state index contributed by atoms with van der Waals surface area (Å²) < 4.78 is 0. The molecule has 0 bridgehead atoms. The van der Waals surface area contributed by atoms with Crippen LogP contribution >= 0.6 is 23.2 Å². The van der Waals surface area contributed by atoms with Gasteiger partial charge in [0.05, 0.1) is 0 Å². The van der Waals surface area contributed by atoms with Crippen molar-refractivity contribution >= 4 is 40.7 Å². The molecule has 0 saturated heterocycles. The lowest BCUT2D eigenvalue weighted by Gasteiger charge is -2.07. The van der Waals surface area contributed by atoms with E-state index in [1.54, 1.807) is 24.3 Å². The maximum atomic E-state index is 12.1. The van der Waals surface area contributed by atoms with Crippen molar-refractivity contribution < 1.29 is 4.79 Å². The Balaban J connectivity index is 2.12. The van der Waals surface area contributed by atoms with E-state index in [-0.39, 0.29) is 11.6 Å². The predicted molar refractivity (Wildman–Crippen MR) is 85.2 cm³/mol. The Kier molecular flexibility index (Phi) is 5.36. The zero-order chi connectivity index (χ0) is 15.2. The van der Waals surface area contributed by atoms with Gasteiger partial charge in [-0.1, -0.05) is 30.1 Å². The first-order valence-corrected chi connectivity index (χ1v) is 7.18. The zero-order valence-electron chi connectivity index (χ0n) is 11.4. The van der Waals surface area contributed by atoms with Crippen LogP contribution in [0.15, 0.2) is 30.5 Å². The lowest BCUT2D eigenvalue weighted by Crippen LogP contribution is -2.15. The van der Waals surface area contributed by atoms with Crippen LogP contribution in [0.5, 0.6) is 0 Å². The van der Waals surface area contributed by atoms with Crippen LogP contribution in [0.2, 0.25) is 10.0 Å². The molecule has 0 fully saturated rings. The third kappa shape index (κ3) is 4.58. The average Bonchev–Trinajstić information content (AvgIpc) is 2.44. The van der Waals surface area contributed by atoms with Crippen LogP contribution < -0.4 is 10.6 Å². The van der Waals surface area contributed by atoms with Crippen molar-refractivity contribution in [1.82, 2.24) is 9.97 Å². The molecule has 1 amide bonds. The summed E-state index contributed by atoms with van der Waals surface area (Å²) in [6.45, 7) is 2.78. The van der Waals surface area contributed by atoms with Gasteiger partial charge in [0.15, 0.2) is 0 Å². The van der Waals surface area contributed by atoms with Gasteiger partial charge in [-0.05, 0) is 30.7 Å². The third-order valence-corrected chi connectivity index (χ3v) is 2.98. The van der Waals surface area contributed by atoms with Gasteiger partial charge in [0.2, 0.25) is 5.95 Å². The van der Waals surface area contributed by atoms with E-state index in [0.29, 0.717) is 21.7 Å². The number of carbonyl (C=O) groups is 1. The van der Waals surface area contributed by atoms with Crippen molar-refractivity contribution in [3.8, 4) is 0 Å². The molecule has 0 spiro atoms. The summed E-state index contributed by atoms with van der Waals surface area (Å²) in [5.41, 5.74) is 0.777. The molecule has 2 N–H and O–H groups in total. The van der Waals surface area contributed by atoms with Gasteiger partial charge in [-0.15, -0.1) is 0 Å². The molecule has 2 rings (SSSR count). The summed E-state index contributed by atoms with van der Waals surface area (Å²) in [5, 5.41) is 6.62. The minimum absolute atomic E-state index is 0.264. The van der Waals surface area contributed by atoms with Gasteiger partial charge in [0, 0.05) is 28.5 Å². The summed E-state index contributed by atoms with van der Waals surface area (Å²) in [6.07, 6.45) is 2.48. The van der Waals surface area contributed by atoms with E-state index in [1.165, 1.54) is 6.20 Å². The fourth-order valence-corrected chi connectivity index (χ4v) is 2.15. The predicted octanol–water partition coefficient (Wildman–Crippen LogP) is 3.86. The highest BCUT2D eigenvalue weighted by molar-refractivity contribution is 6.35. The summed E-state index contributed by atoms with van der Waals surface area (Å²) in [6, 6.07) is 6.36. The number of carbonyl (C=O) groups excluding carboxylic acids is 1. The van der Waals surface area contributed by atoms with E-state index < -0.39 is 0 Å². The summed E-state index contributed by atoms with van der Waals surface area (Å²) in [7, 11) is 0. The minimum Gasteiger partial charge on any atom is -0.354 e. The van der Waals surface area contributed by atoms with Gasteiger partial charge < -0.3 is 10.6 Å². The maximum Gasteiger partial charge on any atom is 0.274 e. The van der Waals surface area contributed by atoms with Crippen molar-refractivity contribution in [2.75, 3.05) is 17.2 Å². The Morgan fingerprint density at radius 2 is 1.95 bits per heavy atom. The highest BCUT2D eigenvalue weighted by Crippen LogP contribution is 2.22. The molecule has 1 aromatic heterocycles. The molecule has 7 heteroatoms. The fourth-order valence-electron chi connectivity index (χ4n) is 1.63. The van der Waals surface area contributed by atoms with E-state index in [4.69, 9.17) is 23.2 Å². The molecule has 1 aromatic carbocycles. The molecule has 0 saturated carbocycles. The van der Waals surface area contributed by atoms with E-state index in [2.05, 4.69) is 20.6 Å². The average molecular weight is 325 g/mol. The van der Waals surface area contributed by atoms with Crippen LogP contribution in [0.4, 0.5) is 11.6 Å². The van der Waals surface area contributed by atoms with Gasteiger partial charge in [0.1, 0.15) is 5.69 Å². The molecular formula is C14H14Cl2N4O. The van der Waals surface area contributed by atoms with Crippen LogP contribution in [0.3, 0.4) is 0 Å². The number of halogens is 2. The largest absolute Gasteiger partial charge is 0.354 e. The first-order valence-electron chi connectivity index (χ1n) is 6.43. The molecule has 0 aliphatic heterocycles. The molecule has 0 unspecified atom stereocenters. The SMILES string of the molecule is CCCNc1nccc(C(=O)Nc2cc(Cl)cc(Cl)c2)n1. The lowest BCUT2D eigenvalue weighted by atomic mass is 10.3. The minimum atomic E-state index is -0.352. The van der Waals surface area contributed by atoms with Crippen LogP contribution in [-0.4, -0.2) is 22.4 Å². The van der Waals surface area contributed by atoms with Crippen LogP contribution in [0.1, 0.15) is 23.8 Å². The number of hydrogen-bond acceptors (Lipinski definition) is 4. The lowest BCUT2D eigenvalue weighted by molar-refractivity contribution is 0.102. The van der Waals surface area contributed by atoms with Crippen molar-refractivity contribution in [2.45, 2.75) is 13.3 Å². The van der Waals surface area contributed by atoms with Crippen molar-refractivity contribution in [3.63, 3.8) is 0 Å². The Bertz CT molecular complexity index is 628. The Labute approximate surface area is 132 Å². The highest BCUT2D eigenvalue weighted by Gasteiger charge is 2.10. The summed E-state index contributed by atoms with van der Waals surface area (Å²) in [5.74, 6) is 0.0731. The monoisotopic (exact) mass is 324 g/mol. The van der Waals surface area contributed by atoms with Crippen molar-refractivity contribution in [1.29, 1.82) is 0 Å². The highest BCUT2D eigenvalue weighted by atomic mass is 35.5. The molecule has 110 valence electrons. The number of rotatable bonds is 5. The number of benzene rings is 1. The zero-order valence-corrected chi connectivity index (χ0v) is 12.9. The van der Waals surface area contributed by atoms with Crippen LogP contribution in [0, 0.1) is 0 Å². The van der Waals surface area contributed by atoms with E-state index in [0.717, 1.165) is 13.0 Å². The number of amides is 1. The number of nitrogens with zero attached hydrogens (tertiary/aromatic N) is 2. The van der Waals surface area contributed by atoms with Gasteiger partial charge >= 0.3 is 0 Å². The molecule has 0 aliphatic rings. The molecule has 5 nitrogen and oxygen atoms in total. The van der Waals surface area contributed by atoms with Gasteiger partial charge in [0.25, 0.3) is 5.91 Å². The molecule has 0 aliphatic carbocycles. The Morgan fingerprint density at radius 3 is 2.62 bits per heavy atom. The van der Waals surface area contributed by atoms with Crippen molar-refractivity contribution in [3.05, 3.63) is 46.2 Å². The maximum absolute atomic E-state index is 12.1. The molecule has 2 aromatic rings. The molecule has 0 radical (unpaired) electrons. The van der Waals surface area contributed by atoms with E-state index >= 15 is 0 Å². The number of hydrogen-bond donors (Lipinski definition) is 2. The second kappa shape index (κ2) is 7.24. The summed E-state index contributed by atoms with van der Waals surface area (Å²) >= 11 is 11.8. The quantitative estimate of drug-likeness (QED) is 0.876. The van der Waals surface area contributed by atoms with Crippen LogP contribution in [-0.2, 0) is 0 Å². The van der Waals surface area contributed by atoms with Crippen LogP contribution in [0.25, 0.3) is 0 Å². The number of aromatic nitrogens is 2. The summed E-state index contributed by atoms with van der Waals surface area (Å²) in [4.78, 5) is 20.3. The van der Waals surface area contributed by atoms with E-state index in [1.807, 2.05) is 6.92 Å². The second-order valence-corrected chi connectivity index (χ2v) is 5.18. The van der Waals surface area contributed by atoms with Crippen molar-refractivity contribution in [2.24, 2.45) is 0 Å². The third-order valence-electron chi connectivity index (χ3n) is 2.54. The second-order valence-electron chi connectivity index (χ2n) is 4.30. The number of anilines is 2. The first-order chi connectivity index (χ1) is 10.1. The standard InChI is InChI=1S/C14H14Cl2N4O/c1-2-4-17-14-18-5-3-12(20-14)13(21)19-11-7-9(15)6-10(16)8-11/h3,5-8H,2,4H2,1H3,(H,19,21)(H,17,18,20). The Morgan fingerprint density at radius 1 is 1.24 bits per heavy atom. The van der Waals surface area contributed by atoms with Gasteiger partial charge in [-0.3, -0.25) is 4.79 Å². The fraction of sp³-hybridized carbons (Fsp3) is 0.214. The molecule has 1 heterocycles. The van der Waals surface area contributed by atoms with Gasteiger partial charge in [-0.2, -0.15) is 0 Å². The first kappa shape index (κ1) is 15.5. The van der Waals surface area contributed by atoms with E-state index in [9.17, 15) is 4.79 Å². The topological polar surface area (TPSA) is 66.9 Å². The molecule has 0 atom stereocenters. The Hall–Kier alpha value is -1.85. The molecule has 21 heavy (non-hydrogen) atoms. The molecular weight excluding hydrogens is 311 g/mol. The smallest absolute Gasteiger partial charge is 0.274 e. The van der Waals surface area contributed by atoms with Gasteiger partial charge in [-0.25, -0.2) is 9.97 Å². The normalized spacial score (nSPS) is 10.2. The number of nitrogens with one attached hydrogen (secondary N) is 2.